The van der Waals surface area contributed by atoms with Gasteiger partial charge in [0.15, 0.2) is 0 Å². The average Bonchev–Trinajstić information content (AvgIpc) is 2.37. The van der Waals surface area contributed by atoms with Crippen LogP contribution in [0.2, 0.25) is 0 Å². The van der Waals surface area contributed by atoms with Crippen LogP contribution in [0.5, 0.6) is 0 Å². The molecule has 0 saturated carbocycles. The van der Waals surface area contributed by atoms with Gasteiger partial charge in [-0.1, -0.05) is 26.3 Å². The number of rotatable bonds is 6. The predicted molar refractivity (Wildman–Crippen MR) is 81.3 cm³/mol. The Kier molecular flexibility index (Phi) is 5.98. The van der Waals surface area contributed by atoms with Gasteiger partial charge in [0, 0.05) is 24.6 Å². The molecule has 1 unspecified atom stereocenters. The number of hydrogen-bond acceptors (Lipinski definition) is 3. The molecule has 1 aromatic rings. The van der Waals surface area contributed by atoms with E-state index in [0.29, 0.717) is 23.5 Å². The van der Waals surface area contributed by atoms with Crippen LogP contribution < -0.4 is 5.73 Å². The number of nitrogens with zero attached hydrogens (tertiary/aromatic N) is 1. The molecule has 0 heterocycles. The molecule has 0 fully saturated rings. The number of halogens is 1. The lowest BCUT2D eigenvalue weighted by Crippen LogP contribution is -2.31. The van der Waals surface area contributed by atoms with E-state index in [1.54, 1.807) is 25.2 Å². The second-order valence-corrected chi connectivity index (χ2v) is 7.64. The molecule has 1 rings (SSSR count). The van der Waals surface area contributed by atoms with E-state index in [-0.39, 0.29) is 4.90 Å². The minimum atomic E-state index is -3.45. The van der Waals surface area contributed by atoms with E-state index in [0.717, 1.165) is 12.0 Å². The highest BCUT2D eigenvalue weighted by Gasteiger charge is 2.24. The summed E-state index contributed by atoms with van der Waals surface area (Å²) in [4.78, 5) is 0.288. The smallest absolute Gasteiger partial charge is 0.243 e. The van der Waals surface area contributed by atoms with Crippen LogP contribution in [0.1, 0.15) is 25.8 Å². The van der Waals surface area contributed by atoms with E-state index in [2.05, 4.69) is 22.9 Å². The molecule has 0 aliphatic rings. The highest BCUT2D eigenvalue weighted by atomic mass is 79.9. The summed E-state index contributed by atoms with van der Waals surface area (Å²) < 4.78 is 26.9. The normalized spacial score (nSPS) is 13.8. The Morgan fingerprint density at radius 3 is 2.53 bits per heavy atom. The molecule has 0 aliphatic carbocycles. The number of benzene rings is 1. The van der Waals surface area contributed by atoms with Crippen LogP contribution in [0.25, 0.3) is 0 Å². The van der Waals surface area contributed by atoms with Crippen LogP contribution in [-0.4, -0.2) is 26.3 Å². The van der Waals surface area contributed by atoms with Crippen LogP contribution >= 0.6 is 15.9 Å². The Balaban J connectivity index is 3.06. The molecular formula is C13H21BrN2O2S. The van der Waals surface area contributed by atoms with E-state index in [9.17, 15) is 8.42 Å². The van der Waals surface area contributed by atoms with Gasteiger partial charge in [0.2, 0.25) is 10.0 Å². The lowest BCUT2D eigenvalue weighted by Gasteiger charge is -2.21. The maximum atomic E-state index is 12.5. The molecule has 1 atom stereocenters. The topological polar surface area (TPSA) is 63.4 Å². The fourth-order valence-corrected chi connectivity index (χ4v) is 4.09. The minimum absolute atomic E-state index is 0.288. The summed E-state index contributed by atoms with van der Waals surface area (Å²) in [5.41, 5.74) is 6.44. The maximum Gasteiger partial charge on any atom is 0.243 e. The molecule has 6 heteroatoms. The third-order valence-electron chi connectivity index (χ3n) is 3.19. The zero-order chi connectivity index (χ0) is 14.6. The first kappa shape index (κ1) is 16.6. The molecule has 0 bridgehead atoms. The Morgan fingerprint density at radius 2 is 2.05 bits per heavy atom. The van der Waals surface area contributed by atoms with Gasteiger partial charge in [-0.2, -0.15) is 0 Å². The van der Waals surface area contributed by atoms with Crippen LogP contribution in [0.15, 0.2) is 27.6 Å². The van der Waals surface area contributed by atoms with Crippen molar-refractivity contribution in [3.63, 3.8) is 0 Å². The van der Waals surface area contributed by atoms with Gasteiger partial charge < -0.3 is 5.73 Å². The third-order valence-corrected chi connectivity index (χ3v) is 5.99. The van der Waals surface area contributed by atoms with Gasteiger partial charge in [0.05, 0.1) is 4.90 Å². The van der Waals surface area contributed by atoms with Crippen molar-refractivity contribution in [2.75, 3.05) is 13.6 Å². The van der Waals surface area contributed by atoms with Crippen LogP contribution in [0, 0.1) is 5.92 Å². The van der Waals surface area contributed by atoms with Crippen LogP contribution in [0.4, 0.5) is 0 Å². The van der Waals surface area contributed by atoms with Gasteiger partial charge >= 0.3 is 0 Å². The Bertz CT molecular complexity index is 531. The SMILES string of the molecule is CCC(C)CN(C)S(=O)(=O)c1ccc(CN)cc1Br. The van der Waals surface area contributed by atoms with Crippen molar-refractivity contribution in [2.24, 2.45) is 11.7 Å². The highest BCUT2D eigenvalue weighted by molar-refractivity contribution is 9.10. The van der Waals surface area contributed by atoms with E-state index >= 15 is 0 Å². The molecule has 19 heavy (non-hydrogen) atoms. The molecular weight excluding hydrogens is 328 g/mol. The second-order valence-electron chi connectivity index (χ2n) is 4.77. The quantitative estimate of drug-likeness (QED) is 0.859. The predicted octanol–water partition coefficient (Wildman–Crippen LogP) is 2.57. The largest absolute Gasteiger partial charge is 0.326 e. The summed E-state index contributed by atoms with van der Waals surface area (Å²) in [6.45, 7) is 5.00. The third kappa shape index (κ3) is 4.02. The first-order valence-corrected chi connectivity index (χ1v) is 8.51. The molecule has 0 radical (unpaired) electrons. The van der Waals surface area contributed by atoms with Gasteiger partial charge in [0.25, 0.3) is 0 Å². The second kappa shape index (κ2) is 6.83. The van der Waals surface area contributed by atoms with Gasteiger partial charge in [0.1, 0.15) is 0 Å². The van der Waals surface area contributed by atoms with Crippen molar-refractivity contribution < 1.29 is 8.42 Å². The summed E-state index contributed by atoms with van der Waals surface area (Å²) in [6, 6.07) is 5.10. The first-order chi connectivity index (χ1) is 8.82. The van der Waals surface area contributed by atoms with Crippen LogP contribution in [-0.2, 0) is 16.6 Å². The molecule has 0 amide bonds. The van der Waals surface area contributed by atoms with Gasteiger partial charge in [-0.15, -0.1) is 0 Å². The van der Waals surface area contributed by atoms with Crippen molar-refractivity contribution in [2.45, 2.75) is 31.7 Å². The summed E-state index contributed by atoms with van der Waals surface area (Å²) in [6.07, 6.45) is 0.952. The maximum absolute atomic E-state index is 12.5. The van der Waals surface area contributed by atoms with Crippen molar-refractivity contribution in [1.82, 2.24) is 4.31 Å². The Labute approximate surface area is 124 Å². The van der Waals surface area contributed by atoms with Crippen molar-refractivity contribution >= 4 is 26.0 Å². The number of sulfonamides is 1. The Morgan fingerprint density at radius 1 is 1.42 bits per heavy atom. The van der Waals surface area contributed by atoms with Crippen LogP contribution in [0.3, 0.4) is 0 Å². The Hall–Kier alpha value is -0.430. The van der Waals surface area contributed by atoms with E-state index in [1.165, 1.54) is 4.31 Å². The molecule has 108 valence electrons. The van der Waals surface area contributed by atoms with Gasteiger partial charge in [-0.3, -0.25) is 0 Å². The summed E-state index contributed by atoms with van der Waals surface area (Å²) in [5.74, 6) is 0.335. The number of nitrogens with two attached hydrogens (primary N) is 1. The molecule has 1 aromatic carbocycles. The fourth-order valence-electron chi connectivity index (χ4n) is 1.71. The molecule has 0 aliphatic heterocycles. The van der Waals surface area contributed by atoms with Crippen molar-refractivity contribution in [3.05, 3.63) is 28.2 Å². The average molecular weight is 349 g/mol. The zero-order valence-electron chi connectivity index (χ0n) is 11.6. The first-order valence-electron chi connectivity index (χ1n) is 6.27. The molecule has 0 spiro atoms. The van der Waals surface area contributed by atoms with Gasteiger partial charge in [-0.05, 0) is 39.5 Å². The zero-order valence-corrected chi connectivity index (χ0v) is 14.0. The van der Waals surface area contributed by atoms with Gasteiger partial charge in [-0.25, -0.2) is 12.7 Å². The standard InChI is InChI=1S/C13H21BrN2O2S/c1-4-10(2)9-16(3)19(17,18)13-6-5-11(8-15)7-12(13)14/h5-7,10H,4,8-9,15H2,1-3H3. The van der Waals surface area contributed by atoms with Crippen molar-refractivity contribution in [3.8, 4) is 0 Å². The van der Waals surface area contributed by atoms with E-state index in [4.69, 9.17) is 5.73 Å². The summed E-state index contributed by atoms with van der Waals surface area (Å²) >= 11 is 3.31. The molecule has 0 saturated heterocycles. The number of hydrogen-bond donors (Lipinski definition) is 1. The highest BCUT2D eigenvalue weighted by Crippen LogP contribution is 2.26. The summed E-state index contributed by atoms with van der Waals surface area (Å²) in [7, 11) is -1.84. The lowest BCUT2D eigenvalue weighted by atomic mass is 10.1. The van der Waals surface area contributed by atoms with E-state index in [1.807, 2.05) is 6.92 Å². The van der Waals surface area contributed by atoms with Crippen molar-refractivity contribution in [1.29, 1.82) is 0 Å². The monoisotopic (exact) mass is 348 g/mol. The molecule has 4 nitrogen and oxygen atoms in total. The minimum Gasteiger partial charge on any atom is -0.326 e. The molecule has 0 aromatic heterocycles. The lowest BCUT2D eigenvalue weighted by molar-refractivity contribution is 0.393. The van der Waals surface area contributed by atoms with E-state index < -0.39 is 10.0 Å². The molecule has 2 N–H and O–H groups in total. The fraction of sp³-hybridized carbons (Fsp3) is 0.538. The summed E-state index contributed by atoms with van der Waals surface area (Å²) in [5, 5.41) is 0.